The monoisotopic (exact) mass is 536 g/mol. The maximum atomic E-state index is 14.4. The van der Waals surface area contributed by atoms with Crippen LogP contribution >= 0.6 is 0 Å². The molecule has 0 fully saturated rings. The first kappa shape index (κ1) is 34.4. The third-order valence-corrected chi connectivity index (χ3v) is 4.85. The van der Waals surface area contributed by atoms with Crippen LogP contribution in [0.4, 0.5) is 26.5 Å². The van der Waals surface area contributed by atoms with Gasteiger partial charge >= 0.3 is 6.11 Å². The second-order valence-corrected chi connectivity index (χ2v) is 7.61. The van der Waals surface area contributed by atoms with E-state index in [-0.39, 0.29) is 17.0 Å². The van der Waals surface area contributed by atoms with Crippen molar-refractivity contribution < 1.29 is 31.4 Å². The average molecular weight is 537 g/mol. The summed E-state index contributed by atoms with van der Waals surface area (Å²) in [5.41, 5.74) is 1.34. The number of hydrogen-bond donors (Lipinski definition) is 0. The van der Waals surface area contributed by atoms with E-state index < -0.39 is 23.3 Å². The molecular weight excluding hydrogens is 502 g/mol. The van der Waals surface area contributed by atoms with Gasteiger partial charge in [0.25, 0.3) is 0 Å². The van der Waals surface area contributed by atoms with Crippen LogP contribution in [0.15, 0.2) is 110 Å². The summed E-state index contributed by atoms with van der Waals surface area (Å²) in [5.74, 6) is -1.76. The van der Waals surface area contributed by atoms with E-state index in [1.54, 1.807) is 32.1 Å². The van der Waals surface area contributed by atoms with Gasteiger partial charge < -0.3 is 0 Å². The van der Waals surface area contributed by atoms with Crippen molar-refractivity contribution in [2.24, 2.45) is 0 Å². The van der Waals surface area contributed by atoms with Crippen molar-refractivity contribution in [3.05, 3.63) is 132 Å². The number of halogens is 6. The Hall–Kier alpha value is -3.58. The van der Waals surface area contributed by atoms with Gasteiger partial charge in [0.2, 0.25) is 0 Å². The topological polar surface area (TPSA) is 9.23 Å². The maximum Gasteiger partial charge on any atom is 0.413 e. The highest BCUT2D eigenvalue weighted by molar-refractivity contribution is 5.79. The summed E-state index contributed by atoms with van der Waals surface area (Å²) in [7, 11) is 0. The molecule has 2 aromatic rings. The molecular formula is C31H34F6O. The van der Waals surface area contributed by atoms with Gasteiger partial charge in [-0.15, -0.1) is 11.5 Å². The van der Waals surface area contributed by atoms with Gasteiger partial charge in [0.15, 0.2) is 0 Å². The Labute approximate surface area is 221 Å². The molecule has 0 bridgehead atoms. The molecule has 206 valence electrons. The van der Waals surface area contributed by atoms with E-state index in [0.717, 1.165) is 48.7 Å². The smallest absolute Gasteiger partial charge is 0.207 e. The second-order valence-electron chi connectivity index (χ2n) is 7.61. The fraction of sp³-hybridized carbons (Fsp3) is 0.226. The van der Waals surface area contributed by atoms with Gasteiger partial charge in [-0.2, -0.15) is 8.78 Å². The molecule has 0 N–H and O–H groups in total. The Kier molecular flexibility index (Phi) is 16.1. The van der Waals surface area contributed by atoms with Crippen molar-refractivity contribution in [3.8, 4) is 0 Å². The third-order valence-electron chi connectivity index (χ3n) is 4.85. The lowest BCUT2D eigenvalue weighted by molar-refractivity contribution is -0.364. The molecule has 0 aliphatic rings. The fourth-order valence-electron chi connectivity index (χ4n) is 2.83. The van der Waals surface area contributed by atoms with Crippen molar-refractivity contribution >= 4 is 11.4 Å². The minimum atomic E-state index is -4.12. The minimum absolute atomic E-state index is 0.0387. The van der Waals surface area contributed by atoms with Crippen molar-refractivity contribution in [2.75, 3.05) is 0 Å². The number of allylic oxidation sites excluding steroid dienone is 8. The van der Waals surface area contributed by atoms with Crippen LogP contribution in [-0.4, -0.2) is 0 Å². The lowest BCUT2D eigenvalue weighted by atomic mass is 10.0. The van der Waals surface area contributed by atoms with Crippen molar-refractivity contribution in [1.82, 2.24) is 0 Å². The van der Waals surface area contributed by atoms with Crippen LogP contribution in [0.25, 0.3) is 11.4 Å². The molecule has 0 heterocycles. The van der Waals surface area contributed by atoms with E-state index in [4.69, 9.17) is 0 Å². The van der Waals surface area contributed by atoms with E-state index in [1.165, 1.54) is 12.2 Å². The Morgan fingerprint density at radius 1 is 0.895 bits per heavy atom. The first-order chi connectivity index (χ1) is 18.0. The zero-order chi connectivity index (χ0) is 29.3. The molecule has 2 aromatic carbocycles. The predicted molar refractivity (Wildman–Crippen MR) is 146 cm³/mol. The van der Waals surface area contributed by atoms with E-state index in [2.05, 4.69) is 24.7 Å². The minimum Gasteiger partial charge on any atom is -0.207 e. The SMILES string of the molecule is C=C(C)/C(F)=C\C.C=CCCc1ccc(/C(=C/C=C(\F)c2ccc(C(F)(F)OF)cc2)C(=C)F)cc1.CC. The fourth-order valence-corrected chi connectivity index (χ4v) is 2.83. The summed E-state index contributed by atoms with van der Waals surface area (Å²) in [4.78, 5) is 2.60. The zero-order valence-corrected chi connectivity index (χ0v) is 22.1. The molecule has 2 rings (SSSR count). The van der Waals surface area contributed by atoms with Gasteiger partial charge in [-0.3, -0.25) is 0 Å². The number of rotatable bonds is 10. The van der Waals surface area contributed by atoms with Crippen molar-refractivity contribution in [1.29, 1.82) is 0 Å². The van der Waals surface area contributed by atoms with Crippen LogP contribution in [0.3, 0.4) is 0 Å². The summed E-state index contributed by atoms with van der Waals surface area (Å²) in [6, 6.07) is 10.8. The van der Waals surface area contributed by atoms with Crippen LogP contribution in [0.2, 0.25) is 0 Å². The van der Waals surface area contributed by atoms with E-state index in [0.29, 0.717) is 11.1 Å². The highest BCUT2D eigenvalue weighted by Gasteiger charge is 2.34. The normalized spacial score (nSPS) is 12.0. The highest BCUT2D eigenvalue weighted by Crippen LogP contribution is 2.31. The number of aryl methyl sites for hydroxylation is 1. The summed E-state index contributed by atoms with van der Waals surface area (Å²) in [6.45, 7) is 17.6. The quantitative estimate of drug-likeness (QED) is 0.167. The van der Waals surface area contributed by atoms with Gasteiger partial charge in [-0.05, 0) is 72.2 Å². The molecule has 0 aliphatic carbocycles. The van der Waals surface area contributed by atoms with Gasteiger partial charge in [-0.1, -0.05) is 75.6 Å². The van der Waals surface area contributed by atoms with E-state index in [9.17, 15) is 26.5 Å². The molecule has 0 amide bonds. The molecule has 1 nitrogen and oxygen atoms in total. The van der Waals surface area contributed by atoms with Gasteiger partial charge in [0, 0.05) is 11.1 Å². The lowest BCUT2D eigenvalue weighted by Gasteiger charge is -2.10. The zero-order valence-electron chi connectivity index (χ0n) is 22.1. The highest BCUT2D eigenvalue weighted by atomic mass is 19.4. The molecule has 0 aromatic heterocycles. The summed E-state index contributed by atoms with van der Waals surface area (Å²) in [5, 5.41) is 0. The van der Waals surface area contributed by atoms with Crippen LogP contribution < -0.4 is 0 Å². The predicted octanol–water partition coefficient (Wildman–Crippen LogP) is 11.1. The molecule has 0 saturated heterocycles. The van der Waals surface area contributed by atoms with Crippen LogP contribution in [-0.2, 0) is 17.5 Å². The van der Waals surface area contributed by atoms with Crippen LogP contribution in [0.5, 0.6) is 0 Å². The molecule has 0 saturated carbocycles. The standard InChI is InChI=1S/C23H19F5O.C6H9F.C2H6/c1-3-4-5-17-6-8-18(9-7-17)21(16(2)24)14-15-22(25)19-10-12-20(13-11-19)23(26,27)29-28;1-4-6(7)5(2)3;1-2/h3,6-15H,1-2,4-5H2;4H,2H2,1,3H3;1-2H3/b21-14+,22-15-;6-4+;. The summed E-state index contributed by atoms with van der Waals surface area (Å²) >= 11 is 0. The van der Waals surface area contributed by atoms with E-state index >= 15 is 0 Å². The second kappa shape index (κ2) is 17.8. The molecule has 0 spiro atoms. The molecule has 7 heteroatoms. The summed E-state index contributed by atoms with van der Waals surface area (Å²) < 4.78 is 78.2. The van der Waals surface area contributed by atoms with Gasteiger partial charge in [0.1, 0.15) is 17.5 Å². The largest absolute Gasteiger partial charge is 0.413 e. The molecule has 0 unspecified atom stereocenters. The maximum absolute atomic E-state index is 14.4. The summed E-state index contributed by atoms with van der Waals surface area (Å²) in [6.07, 6.45) is 2.91. The molecule has 0 radical (unpaired) electrons. The van der Waals surface area contributed by atoms with Gasteiger partial charge in [-0.25, -0.2) is 13.2 Å². The average Bonchev–Trinajstić information content (AvgIpc) is 2.93. The van der Waals surface area contributed by atoms with Crippen molar-refractivity contribution in [2.45, 2.75) is 46.6 Å². The number of benzene rings is 2. The molecule has 0 atom stereocenters. The Balaban J connectivity index is 0.00000132. The van der Waals surface area contributed by atoms with E-state index in [1.807, 2.05) is 26.0 Å². The Bertz CT molecular complexity index is 1120. The Morgan fingerprint density at radius 3 is 1.82 bits per heavy atom. The first-order valence-electron chi connectivity index (χ1n) is 11.8. The first-order valence-corrected chi connectivity index (χ1v) is 11.8. The van der Waals surface area contributed by atoms with Crippen LogP contribution in [0.1, 0.15) is 56.4 Å². The number of alkyl halides is 2. The lowest BCUT2D eigenvalue weighted by Crippen LogP contribution is -2.13. The molecule has 0 aliphatic heterocycles. The number of hydrogen-bond acceptors (Lipinski definition) is 1. The van der Waals surface area contributed by atoms with Crippen LogP contribution in [0, 0.1) is 0 Å². The van der Waals surface area contributed by atoms with Crippen molar-refractivity contribution in [3.63, 3.8) is 0 Å². The third kappa shape index (κ3) is 11.6. The Morgan fingerprint density at radius 2 is 1.42 bits per heavy atom. The van der Waals surface area contributed by atoms with Gasteiger partial charge in [0.05, 0.1) is 5.56 Å². The molecule has 38 heavy (non-hydrogen) atoms.